The molecule has 0 radical (unpaired) electrons. The first-order chi connectivity index (χ1) is 8.93. The van der Waals surface area contributed by atoms with E-state index in [0.717, 1.165) is 0 Å². The molecular formula is C8H10Na2O12. The van der Waals surface area contributed by atoms with Gasteiger partial charge in [0.25, 0.3) is 0 Å². The van der Waals surface area contributed by atoms with Gasteiger partial charge in [-0.2, -0.15) is 0 Å². The molecule has 0 fully saturated rings. The molecule has 0 saturated carbocycles. The van der Waals surface area contributed by atoms with Crippen molar-refractivity contribution < 1.29 is 119 Å². The van der Waals surface area contributed by atoms with E-state index in [9.17, 15) is 29.4 Å². The van der Waals surface area contributed by atoms with Crippen LogP contribution in [0.2, 0.25) is 0 Å². The van der Waals surface area contributed by atoms with Gasteiger partial charge in [0, 0.05) is 0 Å². The Morgan fingerprint density at radius 1 is 0.591 bits per heavy atom. The van der Waals surface area contributed by atoms with Crippen molar-refractivity contribution in [3.05, 3.63) is 0 Å². The number of aliphatic hydroxyl groups is 4. The second kappa shape index (κ2) is 14.3. The van der Waals surface area contributed by atoms with E-state index in [1.165, 1.54) is 0 Å². The molecule has 0 bridgehead atoms. The minimum atomic E-state index is -2.38. The maximum absolute atomic E-state index is 9.74. The van der Waals surface area contributed by atoms with Crippen molar-refractivity contribution in [3.8, 4) is 0 Å². The number of hydrogen-bond acceptors (Lipinski definition) is 10. The average Bonchev–Trinajstić information content (AvgIpc) is 2.35. The Bertz CT molecular complexity index is 313. The number of carbonyl (C=O) groups excluding carboxylic acids is 2. The van der Waals surface area contributed by atoms with E-state index in [1.54, 1.807) is 0 Å². The van der Waals surface area contributed by atoms with Crippen LogP contribution in [0.25, 0.3) is 0 Å². The zero-order valence-electron chi connectivity index (χ0n) is 11.4. The molecule has 0 aliphatic rings. The molecule has 0 aromatic carbocycles. The third-order valence-corrected chi connectivity index (χ3v) is 1.59. The fraction of sp³-hybridized carbons (Fsp3) is 0.500. The van der Waals surface area contributed by atoms with Crippen LogP contribution >= 0.6 is 0 Å². The summed E-state index contributed by atoms with van der Waals surface area (Å²) in [6, 6.07) is 0. The summed E-state index contributed by atoms with van der Waals surface area (Å²) in [4.78, 5) is 38.8. The number of carboxylic acids is 4. The zero-order chi connectivity index (χ0) is 16.6. The maximum atomic E-state index is 9.74. The predicted molar refractivity (Wildman–Crippen MR) is 49.3 cm³/mol. The van der Waals surface area contributed by atoms with E-state index >= 15 is 0 Å². The van der Waals surface area contributed by atoms with Gasteiger partial charge in [-0.1, -0.05) is 0 Å². The Morgan fingerprint density at radius 2 is 0.773 bits per heavy atom. The maximum Gasteiger partial charge on any atom is 1.00 e. The molecule has 22 heavy (non-hydrogen) atoms. The first-order valence-electron chi connectivity index (χ1n) is 4.53. The number of hydrogen-bond donors (Lipinski definition) is 6. The molecule has 0 heterocycles. The summed E-state index contributed by atoms with van der Waals surface area (Å²) in [6.07, 6.45) is -9.41. The minimum absolute atomic E-state index is 0. The fourth-order valence-electron chi connectivity index (χ4n) is 0.528. The van der Waals surface area contributed by atoms with E-state index < -0.39 is 48.3 Å². The molecule has 4 unspecified atom stereocenters. The second-order valence-electron chi connectivity index (χ2n) is 3.09. The molecule has 6 N–H and O–H groups in total. The Morgan fingerprint density at radius 3 is 0.818 bits per heavy atom. The number of carboxylic acid groups (broad SMARTS) is 4. The van der Waals surface area contributed by atoms with Crippen LogP contribution in [-0.4, -0.2) is 78.9 Å². The van der Waals surface area contributed by atoms with Gasteiger partial charge in [-0.05, 0) is 0 Å². The monoisotopic (exact) mass is 344 g/mol. The van der Waals surface area contributed by atoms with Gasteiger partial charge in [0.15, 0.2) is 12.2 Å². The summed E-state index contributed by atoms with van der Waals surface area (Å²) >= 11 is 0. The van der Waals surface area contributed by atoms with E-state index in [4.69, 9.17) is 30.6 Å². The molecule has 0 rings (SSSR count). The fourth-order valence-corrected chi connectivity index (χ4v) is 0.528. The SMILES string of the molecule is O=C([O-])C(O)C(O)C(=O)O.O=C([O-])C(O)C(O)C(=O)O.[Na+].[Na+]. The van der Waals surface area contributed by atoms with Gasteiger partial charge in [-0.25, -0.2) is 9.59 Å². The molecule has 116 valence electrons. The van der Waals surface area contributed by atoms with Gasteiger partial charge in [0.2, 0.25) is 0 Å². The van der Waals surface area contributed by atoms with Gasteiger partial charge in [-0.15, -0.1) is 0 Å². The van der Waals surface area contributed by atoms with E-state index in [-0.39, 0.29) is 59.1 Å². The molecule has 0 saturated heterocycles. The second-order valence-corrected chi connectivity index (χ2v) is 3.09. The van der Waals surface area contributed by atoms with E-state index in [1.807, 2.05) is 0 Å². The first kappa shape index (κ1) is 29.7. The summed E-state index contributed by atoms with van der Waals surface area (Å²) in [5.74, 6) is -7.65. The topological polar surface area (TPSA) is 236 Å². The third-order valence-electron chi connectivity index (χ3n) is 1.59. The average molecular weight is 344 g/mol. The molecule has 0 aliphatic carbocycles. The molecule has 0 amide bonds. The van der Waals surface area contributed by atoms with Crippen molar-refractivity contribution in [2.75, 3.05) is 0 Å². The van der Waals surface area contributed by atoms with Crippen LogP contribution in [0.1, 0.15) is 0 Å². The number of aliphatic carboxylic acids is 4. The van der Waals surface area contributed by atoms with Crippen molar-refractivity contribution in [2.24, 2.45) is 0 Å². The van der Waals surface area contributed by atoms with Crippen LogP contribution in [-0.2, 0) is 19.2 Å². The first-order valence-corrected chi connectivity index (χ1v) is 4.53. The van der Waals surface area contributed by atoms with Crippen LogP contribution in [0.5, 0.6) is 0 Å². The molecule has 4 atom stereocenters. The third kappa shape index (κ3) is 12.3. The molecule has 0 aromatic rings. The Hall–Kier alpha value is -0.280. The Kier molecular flexibility index (Phi) is 19.3. The van der Waals surface area contributed by atoms with Crippen LogP contribution in [0.3, 0.4) is 0 Å². The van der Waals surface area contributed by atoms with Gasteiger partial charge in [0.1, 0.15) is 12.2 Å². The van der Waals surface area contributed by atoms with Gasteiger partial charge in [-0.3, -0.25) is 0 Å². The summed E-state index contributed by atoms with van der Waals surface area (Å²) in [7, 11) is 0. The van der Waals surface area contributed by atoms with Crippen LogP contribution in [0.15, 0.2) is 0 Å². The van der Waals surface area contributed by atoms with Crippen LogP contribution in [0, 0.1) is 0 Å². The molecule has 12 nitrogen and oxygen atoms in total. The van der Waals surface area contributed by atoms with Crippen LogP contribution in [0.4, 0.5) is 0 Å². The molecule has 0 aliphatic heterocycles. The molecular weight excluding hydrogens is 334 g/mol. The largest absolute Gasteiger partial charge is 1.00 e. The van der Waals surface area contributed by atoms with Crippen molar-refractivity contribution in [1.82, 2.24) is 0 Å². The quantitative estimate of drug-likeness (QED) is 0.246. The summed E-state index contributed by atoms with van der Waals surface area (Å²) < 4.78 is 0. The summed E-state index contributed by atoms with van der Waals surface area (Å²) in [6.45, 7) is 0. The Balaban J connectivity index is -0.000000135. The number of carbonyl (C=O) groups is 4. The van der Waals surface area contributed by atoms with Crippen molar-refractivity contribution in [2.45, 2.75) is 24.4 Å². The minimum Gasteiger partial charge on any atom is -0.547 e. The van der Waals surface area contributed by atoms with Crippen molar-refractivity contribution >= 4 is 23.9 Å². The van der Waals surface area contributed by atoms with Gasteiger partial charge >= 0.3 is 71.1 Å². The number of rotatable bonds is 6. The van der Waals surface area contributed by atoms with Crippen molar-refractivity contribution in [1.29, 1.82) is 0 Å². The Labute approximate surface area is 166 Å². The molecule has 14 heteroatoms. The van der Waals surface area contributed by atoms with Gasteiger partial charge < -0.3 is 50.4 Å². The normalized spacial score (nSPS) is 14.4. The van der Waals surface area contributed by atoms with Crippen LogP contribution < -0.4 is 69.3 Å². The zero-order valence-corrected chi connectivity index (χ0v) is 15.4. The van der Waals surface area contributed by atoms with E-state index in [2.05, 4.69) is 0 Å². The molecule has 0 aromatic heterocycles. The predicted octanol–water partition coefficient (Wildman–Crippen LogP) is -12.9. The summed E-state index contributed by atoms with van der Waals surface area (Å²) in [5.41, 5.74) is 0. The smallest absolute Gasteiger partial charge is 0.547 e. The standard InChI is InChI=1S/2C4H6O6.2Na/c2*5-1(3(7)8)2(6)4(9)10;;/h2*1-2,5-6H,(H,7,8)(H,9,10);;/q;;2*+1/p-2. The number of aliphatic hydroxyl groups excluding tert-OH is 4. The molecule has 0 spiro atoms. The van der Waals surface area contributed by atoms with E-state index in [0.29, 0.717) is 0 Å². The van der Waals surface area contributed by atoms with Gasteiger partial charge in [0.05, 0.1) is 11.9 Å². The summed E-state index contributed by atoms with van der Waals surface area (Å²) in [5, 5.41) is 68.3. The van der Waals surface area contributed by atoms with Crippen molar-refractivity contribution in [3.63, 3.8) is 0 Å².